The molecule has 3 heterocycles. The van der Waals surface area contributed by atoms with Crippen molar-refractivity contribution in [1.29, 1.82) is 0 Å². The number of nitrogens with zero attached hydrogens (tertiary/aromatic N) is 5. The van der Waals surface area contributed by atoms with E-state index in [0.717, 1.165) is 37.6 Å². The Kier molecular flexibility index (Phi) is 4.43. The van der Waals surface area contributed by atoms with Crippen LogP contribution in [0.2, 0.25) is 0 Å². The van der Waals surface area contributed by atoms with Gasteiger partial charge in [0.2, 0.25) is 5.95 Å². The second kappa shape index (κ2) is 6.50. The maximum absolute atomic E-state index is 12.4. The van der Waals surface area contributed by atoms with Gasteiger partial charge < -0.3 is 9.80 Å². The van der Waals surface area contributed by atoms with Gasteiger partial charge in [0.15, 0.2) is 0 Å². The number of hydrogen-bond acceptors (Lipinski definition) is 5. The van der Waals surface area contributed by atoms with Crippen molar-refractivity contribution in [2.75, 3.05) is 31.6 Å². The van der Waals surface area contributed by atoms with Crippen molar-refractivity contribution in [3.8, 4) is 11.3 Å². The van der Waals surface area contributed by atoms with Gasteiger partial charge in [-0.1, -0.05) is 0 Å². The van der Waals surface area contributed by atoms with Gasteiger partial charge in [-0.05, 0) is 39.1 Å². The third kappa shape index (κ3) is 3.12. The summed E-state index contributed by atoms with van der Waals surface area (Å²) in [6.45, 7) is 5.03. The van der Waals surface area contributed by atoms with Crippen LogP contribution >= 0.6 is 0 Å². The molecular weight excluding hydrogens is 290 g/mol. The number of likely N-dealkylation sites (N-methyl/N-ethyl adjacent to an activating group) is 2. The molecule has 0 amide bonds. The lowest BCUT2D eigenvalue weighted by atomic mass is 10.2. The van der Waals surface area contributed by atoms with Crippen molar-refractivity contribution in [2.24, 2.45) is 7.05 Å². The summed E-state index contributed by atoms with van der Waals surface area (Å²) < 4.78 is 1.65. The smallest absolute Gasteiger partial charge is 0.255 e. The molecule has 1 saturated heterocycles. The van der Waals surface area contributed by atoms with E-state index < -0.39 is 0 Å². The topological polar surface area (TPSA) is 54.3 Å². The lowest BCUT2D eigenvalue weighted by Crippen LogP contribution is -2.41. The average molecular weight is 313 g/mol. The molecule has 1 aliphatic rings. The molecule has 1 fully saturated rings. The summed E-state index contributed by atoms with van der Waals surface area (Å²) >= 11 is 0. The summed E-state index contributed by atoms with van der Waals surface area (Å²) in [5, 5.41) is 0. The van der Waals surface area contributed by atoms with E-state index in [1.54, 1.807) is 30.1 Å². The Hall–Kier alpha value is -2.21. The minimum atomic E-state index is -0.0355. The van der Waals surface area contributed by atoms with Gasteiger partial charge in [-0.15, -0.1) is 0 Å². The molecule has 1 unspecified atom stereocenters. The fourth-order valence-corrected chi connectivity index (χ4v) is 3.18. The molecule has 2 aromatic rings. The minimum Gasteiger partial charge on any atom is -0.338 e. The van der Waals surface area contributed by atoms with Crippen LogP contribution in [0.15, 0.2) is 35.4 Å². The summed E-state index contributed by atoms with van der Waals surface area (Å²) in [5.41, 5.74) is 1.58. The van der Waals surface area contributed by atoms with E-state index in [4.69, 9.17) is 4.98 Å². The normalized spacial score (nSPS) is 18.3. The van der Waals surface area contributed by atoms with Gasteiger partial charge in [-0.25, -0.2) is 4.98 Å². The first-order chi connectivity index (χ1) is 11.1. The van der Waals surface area contributed by atoms with E-state index in [0.29, 0.717) is 11.7 Å². The van der Waals surface area contributed by atoms with Crippen LogP contribution in [0, 0.1) is 0 Å². The largest absolute Gasteiger partial charge is 0.338 e. The van der Waals surface area contributed by atoms with Crippen molar-refractivity contribution >= 4 is 5.95 Å². The molecule has 0 bridgehead atoms. The number of anilines is 1. The Morgan fingerprint density at radius 3 is 2.65 bits per heavy atom. The predicted octanol–water partition coefficient (Wildman–Crippen LogP) is 1.37. The second-order valence-corrected chi connectivity index (χ2v) is 6.07. The first-order valence-corrected chi connectivity index (χ1v) is 8.03. The Morgan fingerprint density at radius 2 is 2.04 bits per heavy atom. The number of rotatable bonds is 4. The summed E-state index contributed by atoms with van der Waals surface area (Å²) in [6.07, 6.45) is 4.54. The molecule has 6 heteroatoms. The van der Waals surface area contributed by atoms with E-state index in [-0.39, 0.29) is 5.56 Å². The van der Waals surface area contributed by atoms with Crippen LogP contribution in [0.3, 0.4) is 0 Å². The first-order valence-electron chi connectivity index (χ1n) is 8.03. The zero-order valence-electron chi connectivity index (χ0n) is 13.9. The number of hydrogen-bond donors (Lipinski definition) is 0. The van der Waals surface area contributed by atoms with Gasteiger partial charge in [-0.2, -0.15) is 0 Å². The van der Waals surface area contributed by atoms with Gasteiger partial charge in [-0.3, -0.25) is 14.3 Å². The molecule has 2 aromatic heterocycles. The van der Waals surface area contributed by atoms with Crippen LogP contribution in [0.1, 0.15) is 13.3 Å². The van der Waals surface area contributed by atoms with Gasteiger partial charge in [0, 0.05) is 50.2 Å². The van der Waals surface area contributed by atoms with Gasteiger partial charge in [0.05, 0.1) is 5.69 Å². The molecule has 1 atom stereocenters. The molecule has 1 aliphatic heterocycles. The van der Waals surface area contributed by atoms with Crippen molar-refractivity contribution in [1.82, 2.24) is 19.4 Å². The van der Waals surface area contributed by atoms with Gasteiger partial charge in [0.1, 0.15) is 0 Å². The van der Waals surface area contributed by atoms with Crippen molar-refractivity contribution in [3.05, 3.63) is 40.9 Å². The molecule has 0 aliphatic carbocycles. The number of pyridine rings is 1. The third-order valence-electron chi connectivity index (χ3n) is 4.49. The molecule has 23 heavy (non-hydrogen) atoms. The molecule has 0 aromatic carbocycles. The summed E-state index contributed by atoms with van der Waals surface area (Å²) in [4.78, 5) is 25.8. The Balaban J connectivity index is 2.04. The SMILES string of the molecule is CCN(c1nc(-c2ccncc2)cc(=O)n1C)C1CCN(C)C1. The summed E-state index contributed by atoms with van der Waals surface area (Å²) in [7, 11) is 3.93. The number of aromatic nitrogens is 3. The second-order valence-electron chi connectivity index (χ2n) is 6.07. The quantitative estimate of drug-likeness (QED) is 0.853. The van der Waals surface area contributed by atoms with Crippen LogP contribution in [-0.2, 0) is 7.05 Å². The van der Waals surface area contributed by atoms with Crippen LogP contribution in [0.4, 0.5) is 5.95 Å². The maximum Gasteiger partial charge on any atom is 0.255 e. The van der Waals surface area contributed by atoms with E-state index in [1.165, 1.54) is 0 Å². The van der Waals surface area contributed by atoms with Crippen molar-refractivity contribution in [3.63, 3.8) is 0 Å². The van der Waals surface area contributed by atoms with E-state index in [1.807, 2.05) is 12.1 Å². The first kappa shape index (κ1) is 15.7. The monoisotopic (exact) mass is 313 g/mol. The zero-order chi connectivity index (χ0) is 16.4. The molecule has 0 saturated carbocycles. The standard InChI is InChI=1S/C17H23N5O/c1-4-22(14-7-10-20(2)12-14)17-19-15(11-16(23)21(17)3)13-5-8-18-9-6-13/h5-6,8-9,11,14H,4,7,10,12H2,1-3H3. The van der Waals surface area contributed by atoms with Crippen molar-refractivity contribution < 1.29 is 0 Å². The molecule has 3 rings (SSSR count). The van der Waals surface area contributed by atoms with Crippen molar-refractivity contribution in [2.45, 2.75) is 19.4 Å². The lowest BCUT2D eigenvalue weighted by molar-refractivity contribution is 0.407. The van der Waals surface area contributed by atoms with Crippen LogP contribution < -0.4 is 10.5 Å². The molecule has 0 spiro atoms. The predicted molar refractivity (Wildman–Crippen MR) is 91.6 cm³/mol. The Bertz CT molecular complexity index is 728. The Labute approximate surface area is 136 Å². The van der Waals surface area contributed by atoms with Crippen LogP contribution in [0.25, 0.3) is 11.3 Å². The average Bonchev–Trinajstić information content (AvgIpc) is 2.99. The summed E-state index contributed by atoms with van der Waals surface area (Å²) in [6, 6.07) is 5.75. The highest BCUT2D eigenvalue weighted by molar-refractivity contribution is 5.59. The lowest BCUT2D eigenvalue weighted by Gasteiger charge is -2.30. The molecule has 0 N–H and O–H groups in total. The number of likely N-dealkylation sites (tertiary alicyclic amines) is 1. The maximum atomic E-state index is 12.4. The molecule has 6 nitrogen and oxygen atoms in total. The summed E-state index contributed by atoms with van der Waals surface area (Å²) in [5.74, 6) is 0.743. The molecule has 0 radical (unpaired) electrons. The highest BCUT2D eigenvalue weighted by Gasteiger charge is 2.27. The van der Waals surface area contributed by atoms with E-state index >= 15 is 0 Å². The minimum absolute atomic E-state index is 0.0355. The fourth-order valence-electron chi connectivity index (χ4n) is 3.18. The van der Waals surface area contributed by atoms with Crippen LogP contribution in [-0.4, -0.2) is 52.2 Å². The van der Waals surface area contributed by atoms with Gasteiger partial charge in [0.25, 0.3) is 5.56 Å². The zero-order valence-corrected chi connectivity index (χ0v) is 13.9. The molecular formula is C17H23N5O. The van der Waals surface area contributed by atoms with Gasteiger partial charge >= 0.3 is 0 Å². The van der Waals surface area contributed by atoms with Crippen LogP contribution in [0.5, 0.6) is 0 Å². The Morgan fingerprint density at radius 1 is 1.30 bits per heavy atom. The fraction of sp³-hybridized carbons (Fsp3) is 0.471. The highest BCUT2D eigenvalue weighted by Crippen LogP contribution is 2.22. The highest BCUT2D eigenvalue weighted by atomic mass is 16.1. The van der Waals surface area contributed by atoms with E-state index in [9.17, 15) is 4.79 Å². The van der Waals surface area contributed by atoms with E-state index in [2.05, 4.69) is 28.8 Å². The molecule has 122 valence electrons. The third-order valence-corrected chi connectivity index (χ3v) is 4.49.